The van der Waals surface area contributed by atoms with E-state index in [1.807, 2.05) is 30.3 Å². The molecule has 2 heterocycles. The van der Waals surface area contributed by atoms with Gasteiger partial charge < -0.3 is 18.7 Å². The molecule has 0 radical (unpaired) electrons. The summed E-state index contributed by atoms with van der Waals surface area (Å²) in [5.74, 6) is -1.13. The lowest BCUT2D eigenvalue weighted by atomic mass is 10.1. The first kappa shape index (κ1) is 22.6. The quantitative estimate of drug-likeness (QED) is 0.197. The van der Waals surface area contributed by atoms with Crippen molar-refractivity contribution in [3.8, 4) is 5.75 Å². The second kappa shape index (κ2) is 9.90. The van der Waals surface area contributed by atoms with Crippen molar-refractivity contribution >= 4 is 30.6 Å². The molecule has 0 spiro atoms. The van der Waals surface area contributed by atoms with E-state index in [-0.39, 0.29) is 25.1 Å². The third-order valence-corrected chi connectivity index (χ3v) is 5.94. The summed E-state index contributed by atoms with van der Waals surface area (Å²) < 4.78 is 34.1. The third kappa shape index (κ3) is 6.00. The topological polar surface area (TPSA) is 108 Å². The van der Waals surface area contributed by atoms with Crippen molar-refractivity contribution in [1.29, 1.82) is 0 Å². The second-order valence-corrected chi connectivity index (χ2v) is 9.36. The maximum atomic E-state index is 12.8. The molecule has 8 nitrogen and oxygen atoms in total. The predicted octanol–water partition coefficient (Wildman–Crippen LogP) is 5.50. The highest BCUT2D eigenvalue weighted by Crippen LogP contribution is 2.46. The number of esters is 2. The molecule has 2 aromatic heterocycles. The van der Waals surface area contributed by atoms with Gasteiger partial charge in [0.2, 0.25) is 0 Å². The van der Waals surface area contributed by atoms with Crippen LogP contribution in [0.5, 0.6) is 5.75 Å². The Morgan fingerprint density at radius 1 is 1.03 bits per heavy atom. The van der Waals surface area contributed by atoms with E-state index in [9.17, 15) is 14.2 Å². The number of H-pyrrole nitrogens is 1. The molecule has 0 fully saturated rings. The molecule has 4 aromatic rings. The minimum absolute atomic E-state index is 0.0676. The zero-order chi connectivity index (χ0) is 23.3. The van der Waals surface area contributed by atoms with Crippen LogP contribution in [0, 0.1) is 0 Å². The monoisotopic (exact) mass is 467 g/mol. The fourth-order valence-electron chi connectivity index (χ4n) is 3.17. The van der Waals surface area contributed by atoms with Crippen LogP contribution in [0.4, 0.5) is 0 Å². The van der Waals surface area contributed by atoms with Gasteiger partial charge in [-0.1, -0.05) is 48.5 Å². The summed E-state index contributed by atoms with van der Waals surface area (Å²) in [6.45, 7) is 1.54. The van der Waals surface area contributed by atoms with Gasteiger partial charge in [-0.25, -0.2) is 9.36 Å². The van der Waals surface area contributed by atoms with E-state index in [2.05, 4.69) is 4.98 Å². The van der Waals surface area contributed by atoms with Crippen LogP contribution in [-0.4, -0.2) is 23.6 Å². The lowest BCUT2D eigenvalue weighted by molar-refractivity contribution is -0.137. The molecule has 0 amide bonds. The summed E-state index contributed by atoms with van der Waals surface area (Å²) in [4.78, 5) is 27.2. The maximum absolute atomic E-state index is 12.8. The first-order chi connectivity index (χ1) is 15.9. The van der Waals surface area contributed by atoms with E-state index in [4.69, 9.17) is 18.2 Å². The Bertz CT molecular complexity index is 1280. The average molecular weight is 467 g/mol. The first-order valence-corrected chi connectivity index (χ1v) is 12.2. The van der Waals surface area contributed by atoms with Gasteiger partial charge in [-0.3, -0.25) is 9.32 Å². The number of fused-ring (bicyclic) bond motifs is 1. The van der Waals surface area contributed by atoms with Gasteiger partial charge in [-0.05, 0) is 23.6 Å². The summed E-state index contributed by atoms with van der Waals surface area (Å²) in [6.07, 6.45) is 1.65. The highest BCUT2D eigenvalue weighted by Gasteiger charge is 2.22. The molecule has 4 rings (SSSR count). The number of benzene rings is 2. The highest BCUT2D eigenvalue weighted by atomic mass is 31.2. The number of carbonyl (C=O) groups is 2. The molecule has 33 heavy (non-hydrogen) atoms. The van der Waals surface area contributed by atoms with E-state index < -0.39 is 19.5 Å². The van der Waals surface area contributed by atoms with Crippen molar-refractivity contribution in [2.45, 2.75) is 19.4 Å². The fraction of sp³-hybridized carbons (Fsp3) is 0.167. The van der Waals surface area contributed by atoms with Crippen LogP contribution in [0.25, 0.3) is 11.1 Å². The van der Waals surface area contributed by atoms with Gasteiger partial charge in [0.05, 0.1) is 24.8 Å². The zero-order valence-electron chi connectivity index (χ0n) is 17.9. The molecule has 1 N–H and O–H groups in total. The highest BCUT2D eigenvalue weighted by molar-refractivity contribution is 7.53. The number of ether oxygens (including phenoxy) is 1. The van der Waals surface area contributed by atoms with Crippen LogP contribution in [-0.2, 0) is 31.6 Å². The number of para-hydroxylation sites is 1. The van der Waals surface area contributed by atoms with Crippen LogP contribution in [0.2, 0.25) is 0 Å². The van der Waals surface area contributed by atoms with Crippen LogP contribution in [0.1, 0.15) is 28.0 Å². The Morgan fingerprint density at radius 3 is 2.58 bits per heavy atom. The summed E-state index contributed by atoms with van der Waals surface area (Å²) in [7, 11) is -3.41. The maximum Gasteiger partial charge on any atom is 0.376 e. The van der Waals surface area contributed by atoms with E-state index in [0.29, 0.717) is 22.4 Å². The molecular formula is C24H22NO7P. The summed E-state index contributed by atoms with van der Waals surface area (Å²) in [6, 6.07) is 19.4. The Balaban J connectivity index is 1.33. The van der Waals surface area contributed by atoms with Crippen molar-refractivity contribution in [1.82, 2.24) is 4.98 Å². The number of aryl methyl sites for hydroxylation is 1. The lowest BCUT2D eigenvalue weighted by Gasteiger charge is -2.17. The number of carbonyl (C=O) groups excluding carboxylic acids is 2. The molecule has 0 aliphatic heterocycles. The third-order valence-electron chi connectivity index (χ3n) is 4.81. The van der Waals surface area contributed by atoms with Gasteiger partial charge in [-0.2, -0.15) is 0 Å². The second-order valence-electron chi connectivity index (χ2n) is 7.37. The van der Waals surface area contributed by atoms with Crippen molar-refractivity contribution in [2.75, 3.05) is 6.66 Å². The molecule has 1 unspecified atom stereocenters. The Kier molecular flexibility index (Phi) is 6.77. The van der Waals surface area contributed by atoms with E-state index in [1.165, 1.54) is 19.0 Å². The van der Waals surface area contributed by atoms with Gasteiger partial charge in [0, 0.05) is 18.8 Å². The molecule has 170 valence electrons. The summed E-state index contributed by atoms with van der Waals surface area (Å²) >= 11 is 0. The van der Waals surface area contributed by atoms with Crippen molar-refractivity contribution < 1.29 is 32.4 Å². The molecule has 0 aliphatic carbocycles. The van der Waals surface area contributed by atoms with Crippen LogP contribution >= 0.6 is 7.60 Å². The number of aromatic nitrogens is 1. The number of rotatable bonds is 9. The standard InChI is InChI=1S/C24H22NO7P/c1-33(28,30-16-17-7-3-2-4-8-17)32-21-10-6-5-9-18(21)11-12-23(26)31-24(27)20-15-22-19(25-20)13-14-29-22/h2-10,13-15,25H,11-12,16H2,1H3. The molecule has 0 saturated heterocycles. The smallest absolute Gasteiger partial charge is 0.376 e. The van der Waals surface area contributed by atoms with Gasteiger partial charge >= 0.3 is 19.5 Å². The van der Waals surface area contributed by atoms with Crippen molar-refractivity contribution in [2.24, 2.45) is 0 Å². The minimum atomic E-state index is -3.41. The number of hydrogen-bond acceptors (Lipinski definition) is 7. The molecule has 2 aromatic carbocycles. The molecule has 0 bridgehead atoms. The van der Waals surface area contributed by atoms with Gasteiger partial charge in [0.25, 0.3) is 0 Å². The van der Waals surface area contributed by atoms with Gasteiger partial charge in [0.1, 0.15) is 11.4 Å². The summed E-state index contributed by atoms with van der Waals surface area (Å²) in [5.41, 5.74) is 2.78. The SMILES string of the molecule is CP(=O)(OCc1ccccc1)Oc1ccccc1CCC(=O)OC(=O)c1cc2occc2[nH]1. The van der Waals surface area contributed by atoms with Crippen LogP contribution in [0.3, 0.4) is 0 Å². The molecule has 1 atom stereocenters. The first-order valence-electron chi connectivity index (χ1n) is 10.2. The molecule has 0 saturated carbocycles. The molecule has 9 heteroatoms. The predicted molar refractivity (Wildman–Crippen MR) is 121 cm³/mol. The van der Waals surface area contributed by atoms with E-state index in [1.54, 1.807) is 30.3 Å². The van der Waals surface area contributed by atoms with Gasteiger partial charge in [0.15, 0.2) is 5.58 Å². The number of nitrogens with one attached hydrogen (secondary N) is 1. The lowest BCUT2D eigenvalue weighted by Crippen LogP contribution is -2.13. The number of furan rings is 1. The number of aromatic amines is 1. The Morgan fingerprint density at radius 2 is 1.79 bits per heavy atom. The Labute approximate surface area is 190 Å². The van der Waals surface area contributed by atoms with E-state index >= 15 is 0 Å². The largest absolute Gasteiger partial charge is 0.463 e. The van der Waals surface area contributed by atoms with Crippen molar-refractivity contribution in [3.05, 3.63) is 89.8 Å². The fourth-order valence-corrected chi connectivity index (χ4v) is 4.15. The van der Waals surface area contributed by atoms with Gasteiger partial charge in [-0.15, -0.1) is 0 Å². The van der Waals surface area contributed by atoms with Crippen LogP contribution < -0.4 is 4.52 Å². The molecular weight excluding hydrogens is 445 g/mol. The Hall–Kier alpha value is -3.61. The van der Waals surface area contributed by atoms with E-state index in [0.717, 1.165) is 5.56 Å². The van der Waals surface area contributed by atoms with Crippen LogP contribution in [0.15, 0.2) is 77.4 Å². The zero-order valence-corrected chi connectivity index (χ0v) is 18.7. The molecule has 0 aliphatic rings. The number of hydrogen-bond donors (Lipinski definition) is 1. The minimum Gasteiger partial charge on any atom is -0.463 e. The average Bonchev–Trinajstić information content (AvgIpc) is 3.40. The normalized spacial score (nSPS) is 12.9. The summed E-state index contributed by atoms with van der Waals surface area (Å²) in [5, 5.41) is 0. The van der Waals surface area contributed by atoms with Crippen molar-refractivity contribution in [3.63, 3.8) is 0 Å².